The lowest BCUT2D eigenvalue weighted by molar-refractivity contribution is 0.262. The number of hydrogen-bond donors (Lipinski definition) is 2. The highest BCUT2D eigenvalue weighted by atomic mass is 35.5. The van der Waals surface area contributed by atoms with E-state index in [1.54, 1.807) is 28.9 Å². The predicted octanol–water partition coefficient (Wildman–Crippen LogP) is 5.46. The Morgan fingerprint density at radius 3 is 2.64 bits per heavy atom. The number of anilines is 2. The zero-order valence-corrected chi connectivity index (χ0v) is 18.3. The van der Waals surface area contributed by atoms with Crippen LogP contribution in [0.1, 0.15) is 5.56 Å². The fourth-order valence-electron chi connectivity index (χ4n) is 3.38. The monoisotopic (exact) mass is 455 g/mol. The summed E-state index contributed by atoms with van der Waals surface area (Å²) in [5.41, 5.74) is 4.91. The van der Waals surface area contributed by atoms with Crippen molar-refractivity contribution in [1.29, 1.82) is 0 Å². The molecule has 0 aliphatic carbocycles. The minimum Gasteiger partial charge on any atom is -0.308 e. The molecule has 0 radical (unpaired) electrons. The zero-order valence-electron chi connectivity index (χ0n) is 17.5. The van der Waals surface area contributed by atoms with Gasteiger partial charge in [0.05, 0.1) is 5.69 Å². The quantitative estimate of drug-likeness (QED) is 0.375. The van der Waals surface area contributed by atoms with E-state index in [1.165, 1.54) is 0 Å². The van der Waals surface area contributed by atoms with Gasteiger partial charge in [-0.3, -0.25) is 4.98 Å². The summed E-state index contributed by atoms with van der Waals surface area (Å²) < 4.78 is 1.66. The van der Waals surface area contributed by atoms with Crippen LogP contribution in [0.2, 0.25) is 5.02 Å². The molecule has 2 amide bonds. The molecule has 2 N–H and O–H groups in total. The van der Waals surface area contributed by atoms with Gasteiger partial charge in [-0.25, -0.2) is 4.79 Å². The van der Waals surface area contributed by atoms with Gasteiger partial charge < -0.3 is 10.6 Å². The fraction of sp³-hybridized carbons (Fsp3) is 0.0417. The number of hydrogen-bond acceptors (Lipinski definition) is 5. The maximum absolute atomic E-state index is 12.5. The van der Waals surface area contributed by atoms with E-state index in [4.69, 9.17) is 16.7 Å². The first kappa shape index (κ1) is 20.6. The highest BCUT2D eigenvalue weighted by Gasteiger charge is 2.12. The highest BCUT2D eigenvalue weighted by Crippen LogP contribution is 2.25. The Balaban J connectivity index is 1.41. The number of pyridine rings is 1. The van der Waals surface area contributed by atoms with Crippen LogP contribution in [-0.2, 0) is 0 Å². The summed E-state index contributed by atoms with van der Waals surface area (Å²) in [5, 5.41) is 19.4. The van der Waals surface area contributed by atoms with E-state index in [-0.39, 0.29) is 6.03 Å². The van der Waals surface area contributed by atoms with Gasteiger partial charge in [0.25, 0.3) is 0 Å². The third-order valence-corrected chi connectivity index (χ3v) is 5.50. The van der Waals surface area contributed by atoms with Crippen molar-refractivity contribution >= 4 is 34.7 Å². The van der Waals surface area contributed by atoms with Crippen molar-refractivity contribution < 1.29 is 4.79 Å². The molecule has 5 rings (SSSR count). The van der Waals surface area contributed by atoms with Crippen LogP contribution in [0.3, 0.4) is 0 Å². The molecule has 2 aromatic carbocycles. The first-order valence-electron chi connectivity index (χ1n) is 10.2. The zero-order chi connectivity index (χ0) is 22.8. The molecule has 0 spiro atoms. The summed E-state index contributed by atoms with van der Waals surface area (Å²) in [6.45, 7) is 1.85. The molecule has 5 aromatic rings. The Morgan fingerprint density at radius 2 is 1.79 bits per heavy atom. The lowest BCUT2D eigenvalue weighted by Gasteiger charge is -2.11. The van der Waals surface area contributed by atoms with Gasteiger partial charge in [0.2, 0.25) is 5.82 Å². The average molecular weight is 456 g/mol. The third kappa shape index (κ3) is 4.24. The lowest BCUT2D eigenvalue weighted by atomic mass is 10.1. The van der Waals surface area contributed by atoms with Crippen LogP contribution in [0.25, 0.3) is 28.4 Å². The molecule has 0 fully saturated rings. The Kier molecular flexibility index (Phi) is 5.42. The summed E-state index contributed by atoms with van der Waals surface area (Å²) in [4.78, 5) is 16.9. The summed E-state index contributed by atoms with van der Waals surface area (Å²) in [5.74, 6) is 0.554. The molecule has 0 unspecified atom stereocenters. The second kappa shape index (κ2) is 8.68. The number of halogens is 1. The first-order chi connectivity index (χ1) is 16.1. The van der Waals surface area contributed by atoms with Gasteiger partial charge in [0.15, 0.2) is 5.65 Å². The van der Waals surface area contributed by atoms with Crippen LogP contribution < -0.4 is 10.6 Å². The lowest BCUT2D eigenvalue weighted by Crippen LogP contribution is -2.20. The van der Waals surface area contributed by atoms with Gasteiger partial charge in [0, 0.05) is 28.2 Å². The Labute approximate surface area is 194 Å². The molecule has 0 aliphatic rings. The maximum Gasteiger partial charge on any atom is 0.323 e. The van der Waals surface area contributed by atoms with Crippen molar-refractivity contribution in [2.45, 2.75) is 6.92 Å². The van der Waals surface area contributed by atoms with E-state index < -0.39 is 0 Å². The van der Waals surface area contributed by atoms with E-state index in [0.717, 1.165) is 11.1 Å². The number of carbonyl (C=O) groups excluding carboxylic acids is 1. The third-order valence-electron chi connectivity index (χ3n) is 5.09. The Morgan fingerprint density at radius 1 is 0.909 bits per heavy atom. The molecule has 9 heteroatoms. The Bertz CT molecular complexity index is 1470. The molecular weight excluding hydrogens is 438 g/mol. The van der Waals surface area contributed by atoms with Gasteiger partial charge in [0.1, 0.15) is 5.69 Å². The van der Waals surface area contributed by atoms with Crippen LogP contribution in [0.15, 0.2) is 79.0 Å². The number of nitrogens with zero attached hydrogens (tertiary/aromatic N) is 5. The van der Waals surface area contributed by atoms with E-state index in [2.05, 4.69) is 25.8 Å². The fourth-order valence-corrected chi connectivity index (χ4v) is 3.56. The number of fused-ring (bicyclic) bond motifs is 1. The molecule has 3 heterocycles. The van der Waals surface area contributed by atoms with Crippen molar-refractivity contribution in [2.75, 3.05) is 10.6 Å². The van der Waals surface area contributed by atoms with Crippen molar-refractivity contribution in [3.8, 4) is 22.8 Å². The van der Waals surface area contributed by atoms with Crippen LogP contribution in [0, 0.1) is 6.92 Å². The first-order valence-corrected chi connectivity index (χ1v) is 10.5. The second-order valence-electron chi connectivity index (χ2n) is 7.30. The molecule has 8 nitrogen and oxygen atoms in total. The molecule has 0 saturated heterocycles. The molecule has 3 aromatic heterocycles. The minimum absolute atomic E-state index is 0.364. The van der Waals surface area contributed by atoms with E-state index in [0.29, 0.717) is 39.3 Å². The van der Waals surface area contributed by atoms with Crippen molar-refractivity contribution in [2.24, 2.45) is 0 Å². The van der Waals surface area contributed by atoms with Gasteiger partial charge >= 0.3 is 6.03 Å². The average Bonchev–Trinajstić information content (AvgIpc) is 3.26. The number of nitrogens with one attached hydrogen (secondary N) is 2. The number of urea groups is 1. The van der Waals surface area contributed by atoms with Crippen molar-refractivity contribution in [1.82, 2.24) is 24.8 Å². The SMILES string of the molecule is Cc1c(Cl)cccc1NC(=O)Nc1cccc(-c2ccc3nnc(-c4ccccn4)n3n2)c1. The number of rotatable bonds is 4. The van der Waals surface area contributed by atoms with Crippen LogP contribution in [-0.4, -0.2) is 30.8 Å². The molecule has 0 saturated carbocycles. The van der Waals surface area contributed by atoms with Crippen LogP contribution >= 0.6 is 11.6 Å². The number of amides is 2. The molecule has 33 heavy (non-hydrogen) atoms. The van der Waals surface area contributed by atoms with Gasteiger partial charge in [-0.05, 0) is 61.0 Å². The molecule has 0 aliphatic heterocycles. The van der Waals surface area contributed by atoms with Gasteiger partial charge in [-0.1, -0.05) is 35.9 Å². The number of benzene rings is 2. The second-order valence-corrected chi connectivity index (χ2v) is 7.71. The smallest absolute Gasteiger partial charge is 0.308 e. The number of aromatic nitrogens is 5. The molecule has 162 valence electrons. The van der Waals surface area contributed by atoms with E-state index in [1.807, 2.05) is 61.5 Å². The minimum atomic E-state index is -0.364. The topological polar surface area (TPSA) is 97.1 Å². The van der Waals surface area contributed by atoms with Crippen LogP contribution in [0.4, 0.5) is 16.2 Å². The summed E-state index contributed by atoms with van der Waals surface area (Å²) >= 11 is 6.14. The summed E-state index contributed by atoms with van der Waals surface area (Å²) in [6.07, 6.45) is 1.70. The predicted molar refractivity (Wildman–Crippen MR) is 128 cm³/mol. The van der Waals surface area contributed by atoms with E-state index >= 15 is 0 Å². The maximum atomic E-state index is 12.5. The van der Waals surface area contributed by atoms with Gasteiger partial charge in [-0.2, -0.15) is 9.61 Å². The van der Waals surface area contributed by atoms with Crippen molar-refractivity contribution in [3.05, 3.63) is 89.6 Å². The van der Waals surface area contributed by atoms with Gasteiger partial charge in [-0.15, -0.1) is 10.2 Å². The Hall–Kier alpha value is -4.30. The molecule has 0 atom stereocenters. The van der Waals surface area contributed by atoms with Crippen molar-refractivity contribution in [3.63, 3.8) is 0 Å². The summed E-state index contributed by atoms with van der Waals surface area (Å²) in [6, 6.07) is 21.7. The van der Waals surface area contributed by atoms with Crippen LogP contribution in [0.5, 0.6) is 0 Å². The standard InChI is InChI=1S/C24H18ClN7O/c1-15-18(25)8-5-10-19(15)28-24(33)27-17-7-4-6-16(14-17)20-11-12-22-29-30-23(32(22)31-20)21-9-2-3-13-26-21/h2-14H,1H3,(H2,27,28,33). The summed E-state index contributed by atoms with van der Waals surface area (Å²) in [7, 11) is 0. The number of carbonyl (C=O) groups is 1. The van der Waals surface area contributed by atoms with E-state index in [9.17, 15) is 4.79 Å². The molecular formula is C24H18ClN7O. The highest BCUT2D eigenvalue weighted by molar-refractivity contribution is 6.31. The largest absolute Gasteiger partial charge is 0.323 e. The molecule has 0 bridgehead atoms. The normalized spacial score (nSPS) is 10.8.